The highest BCUT2D eigenvalue weighted by atomic mass is 14.9. The second-order valence-electron chi connectivity index (χ2n) is 13.3. The lowest BCUT2D eigenvalue weighted by atomic mass is 9.85. The van der Waals surface area contributed by atoms with Gasteiger partial charge in [0.2, 0.25) is 0 Å². The fourth-order valence-corrected chi connectivity index (χ4v) is 7.48. The minimum Gasteiger partial charge on any atom is -0.320 e. The third-order valence-corrected chi connectivity index (χ3v) is 10.3. The summed E-state index contributed by atoms with van der Waals surface area (Å²) in [5.74, 6) is 0. The maximum Gasteiger partial charge on any atom is 0.0557 e. The predicted molar refractivity (Wildman–Crippen MR) is 209 cm³/mol. The van der Waals surface area contributed by atoms with Gasteiger partial charge in [-0.05, 0) is 106 Å². The topological polar surface area (TPSA) is 38.0 Å². The molecule has 0 aromatic heterocycles. The number of benzene rings is 4. The highest BCUT2D eigenvalue weighted by molar-refractivity contribution is 5.87. The normalized spacial score (nSPS) is 16.8. The van der Waals surface area contributed by atoms with Gasteiger partial charge in [0.1, 0.15) is 0 Å². The van der Waals surface area contributed by atoms with Crippen LogP contribution in [0.2, 0.25) is 0 Å². The van der Waals surface area contributed by atoms with Crippen LogP contribution in [0.5, 0.6) is 0 Å². The Morgan fingerprint density at radius 2 is 1.65 bits per heavy atom. The van der Waals surface area contributed by atoms with Gasteiger partial charge in [-0.15, -0.1) is 0 Å². The van der Waals surface area contributed by atoms with Crippen molar-refractivity contribution in [3.05, 3.63) is 197 Å². The Hall–Kier alpha value is -5.02. The summed E-state index contributed by atoms with van der Waals surface area (Å²) in [5.41, 5.74) is 23.9. The summed E-state index contributed by atoms with van der Waals surface area (Å²) < 4.78 is 0. The molecule has 0 saturated carbocycles. The number of fused-ring (bicyclic) bond motifs is 3. The number of allylic oxidation sites excluding steroid dienone is 9. The van der Waals surface area contributed by atoms with E-state index >= 15 is 0 Å². The third-order valence-electron chi connectivity index (χ3n) is 10.3. The molecule has 3 aliphatic rings. The van der Waals surface area contributed by atoms with Crippen LogP contribution in [0.3, 0.4) is 0 Å². The summed E-state index contributed by atoms with van der Waals surface area (Å²) in [6.07, 6.45) is 25.3. The van der Waals surface area contributed by atoms with E-state index < -0.39 is 0 Å². The van der Waals surface area contributed by atoms with Gasteiger partial charge >= 0.3 is 0 Å². The quantitative estimate of drug-likeness (QED) is 0.141. The van der Waals surface area contributed by atoms with Crippen LogP contribution in [0.15, 0.2) is 169 Å². The number of nitrogens with one attached hydrogen (secondary N) is 1. The van der Waals surface area contributed by atoms with Crippen molar-refractivity contribution < 1.29 is 0 Å². The SMILES string of the molecule is C=CC(/C=C\C(NCC1=CC=C(c2ccc(-c3c(C(N)c4ccccc4)ccc4c3Cc3ccccc3-4)cc2)CC1)C1=CCCC=C1)=C\C. The van der Waals surface area contributed by atoms with E-state index in [2.05, 4.69) is 158 Å². The lowest BCUT2D eigenvalue weighted by molar-refractivity contribution is 0.679. The number of nitrogens with two attached hydrogens (primary N) is 1. The number of rotatable bonds is 11. The number of hydrogen-bond donors (Lipinski definition) is 2. The zero-order chi connectivity index (χ0) is 33.6. The van der Waals surface area contributed by atoms with Crippen LogP contribution in [0.1, 0.15) is 66.5 Å². The monoisotopic (exact) mass is 638 g/mol. The molecular formula is C47H46N2. The molecule has 2 atom stereocenters. The molecule has 3 N–H and O–H groups in total. The van der Waals surface area contributed by atoms with Gasteiger partial charge in [0.15, 0.2) is 0 Å². The van der Waals surface area contributed by atoms with Gasteiger partial charge < -0.3 is 11.1 Å². The number of hydrogen-bond acceptors (Lipinski definition) is 2. The molecule has 4 aromatic carbocycles. The first kappa shape index (κ1) is 32.5. The molecule has 3 aliphatic carbocycles. The summed E-state index contributed by atoms with van der Waals surface area (Å²) in [6.45, 7) is 6.87. The van der Waals surface area contributed by atoms with Crippen molar-refractivity contribution in [2.24, 2.45) is 5.73 Å². The molecule has 0 aliphatic heterocycles. The van der Waals surface area contributed by atoms with E-state index in [0.717, 1.165) is 49.8 Å². The summed E-state index contributed by atoms with van der Waals surface area (Å²) in [7, 11) is 0. The second-order valence-corrected chi connectivity index (χ2v) is 13.3. The Labute approximate surface area is 292 Å². The summed E-state index contributed by atoms with van der Waals surface area (Å²) in [6, 6.07) is 33.0. The van der Waals surface area contributed by atoms with Crippen molar-refractivity contribution in [2.45, 2.75) is 51.1 Å². The maximum atomic E-state index is 7.00. The van der Waals surface area contributed by atoms with Gasteiger partial charge in [-0.2, -0.15) is 0 Å². The van der Waals surface area contributed by atoms with Crippen molar-refractivity contribution in [3.8, 4) is 22.3 Å². The van der Waals surface area contributed by atoms with Crippen molar-refractivity contribution in [3.63, 3.8) is 0 Å². The first-order chi connectivity index (χ1) is 24.1. The van der Waals surface area contributed by atoms with Gasteiger partial charge in [-0.25, -0.2) is 0 Å². The van der Waals surface area contributed by atoms with Crippen LogP contribution < -0.4 is 11.1 Å². The van der Waals surface area contributed by atoms with Gasteiger partial charge in [0.05, 0.1) is 12.1 Å². The smallest absolute Gasteiger partial charge is 0.0557 e. The Bertz CT molecular complexity index is 2010. The molecule has 7 rings (SSSR count). The molecule has 0 amide bonds. The zero-order valence-electron chi connectivity index (χ0n) is 28.5. The van der Waals surface area contributed by atoms with Crippen LogP contribution in [0, 0.1) is 0 Å². The van der Waals surface area contributed by atoms with Crippen molar-refractivity contribution in [1.82, 2.24) is 5.32 Å². The average molecular weight is 639 g/mol. The van der Waals surface area contributed by atoms with Gasteiger partial charge in [-0.3, -0.25) is 0 Å². The molecule has 2 nitrogen and oxygen atoms in total. The molecule has 0 spiro atoms. The van der Waals surface area contributed by atoms with E-state index in [0.29, 0.717) is 0 Å². The molecule has 2 unspecified atom stereocenters. The summed E-state index contributed by atoms with van der Waals surface area (Å²) in [4.78, 5) is 0. The molecule has 0 bridgehead atoms. The average Bonchev–Trinajstić information content (AvgIpc) is 3.55. The molecule has 244 valence electrons. The van der Waals surface area contributed by atoms with Gasteiger partial charge in [0, 0.05) is 6.54 Å². The minimum absolute atomic E-state index is 0.178. The largest absolute Gasteiger partial charge is 0.320 e. The molecular weight excluding hydrogens is 593 g/mol. The Morgan fingerprint density at radius 1 is 0.857 bits per heavy atom. The molecule has 0 radical (unpaired) electrons. The molecule has 0 heterocycles. The molecule has 0 fully saturated rings. The van der Waals surface area contributed by atoms with Crippen LogP contribution in [-0.2, 0) is 6.42 Å². The van der Waals surface area contributed by atoms with Crippen LogP contribution in [0.25, 0.3) is 27.8 Å². The molecule has 4 aromatic rings. The molecule has 2 heteroatoms. The van der Waals surface area contributed by atoms with Crippen LogP contribution in [0.4, 0.5) is 0 Å². The highest BCUT2D eigenvalue weighted by Gasteiger charge is 2.26. The zero-order valence-corrected chi connectivity index (χ0v) is 28.5. The Kier molecular flexibility index (Phi) is 9.98. The standard InChI is InChI=1S/C47H46N2/c1-3-33(4-2)21-30-45(37-13-7-5-8-14-37)49-32-34-19-22-35(23-20-34)36-24-26-38(27-25-36)46-43(47(48)39-15-9-6-10-16-39)29-28-42-41-18-12-11-17-40(41)31-44(42)46/h3-4,6-7,9-19,21-22,24-30,45,47,49H,1,5,8,20,23,31-32,48H2,2H3/b30-21-,33-4+. The fraction of sp³-hybridized carbons (Fsp3) is 0.191. The summed E-state index contributed by atoms with van der Waals surface area (Å²) >= 11 is 0. The molecule has 0 saturated heterocycles. The van der Waals surface area contributed by atoms with E-state index in [1.807, 2.05) is 6.08 Å². The van der Waals surface area contributed by atoms with E-state index in [1.54, 1.807) is 0 Å². The van der Waals surface area contributed by atoms with Crippen LogP contribution >= 0.6 is 0 Å². The van der Waals surface area contributed by atoms with Gasteiger partial charge in [0.25, 0.3) is 0 Å². The van der Waals surface area contributed by atoms with E-state index in [-0.39, 0.29) is 12.1 Å². The first-order valence-electron chi connectivity index (χ1n) is 17.7. The molecule has 49 heavy (non-hydrogen) atoms. The second kappa shape index (κ2) is 15.0. The minimum atomic E-state index is -0.198. The fourth-order valence-electron chi connectivity index (χ4n) is 7.48. The summed E-state index contributed by atoms with van der Waals surface area (Å²) in [5, 5.41) is 3.82. The van der Waals surface area contributed by atoms with Crippen molar-refractivity contribution >= 4 is 5.57 Å². The van der Waals surface area contributed by atoms with E-state index in [4.69, 9.17) is 5.73 Å². The van der Waals surface area contributed by atoms with E-state index in [9.17, 15) is 0 Å². The Balaban J connectivity index is 1.12. The highest BCUT2D eigenvalue weighted by Crippen LogP contribution is 2.45. The lowest BCUT2D eigenvalue weighted by Crippen LogP contribution is -2.31. The predicted octanol–water partition coefficient (Wildman–Crippen LogP) is 11.0. The maximum absolute atomic E-state index is 7.00. The lowest BCUT2D eigenvalue weighted by Gasteiger charge is -2.22. The third kappa shape index (κ3) is 7.08. The van der Waals surface area contributed by atoms with E-state index in [1.165, 1.54) is 61.2 Å². The van der Waals surface area contributed by atoms with Crippen LogP contribution in [-0.4, -0.2) is 12.6 Å². The van der Waals surface area contributed by atoms with Crippen molar-refractivity contribution in [1.29, 1.82) is 0 Å². The van der Waals surface area contributed by atoms with Gasteiger partial charge in [-0.1, -0.05) is 158 Å². The van der Waals surface area contributed by atoms with Crippen molar-refractivity contribution in [2.75, 3.05) is 6.54 Å². The first-order valence-corrected chi connectivity index (χ1v) is 17.7. The Morgan fingerprint density at radius 3 is 2.39 bits per heavy atom.